The van der Waals surface area contributed by atoms with Crippen LogP contribution in [0, 0.1) is 0 Å². The highest BCUT2D eigenvalue weighted by molar-refractivity contribution is 9.10. The maximum absolute atomic E-state index is 11.5. The number of carbonyl (C=O) groups excluding carboxylic acids is 1. The molecule has 0 aliphatic heterocycles. The van der Waals surface area contributed by atoms with Crippen LogP contribution in [0.15, 0.2) is 22.7 Å². The fourth-order valence-corrected chi connectivity index (χ4v) is 2.10. The molecule has 0 aliphatic rings. The van der Waals surface area contributed by atoms with Crippen molar-refractivity contribution in [3.63, 3.8) is 0 Å². The fourth-order valence-electron chi connectivity index (χ4n) is 1.32. The molecule has 4 nitrogen and oxygen atoms in total. The minimum atomic E-state index is -0.595. The van der Waals surface area contributed by atoms with E-state index in [4.69, 9.17) is 22.2 Å². The molecule has 6 heteroatoms. The third kappa shape index (κ3) is 4.18. The first-order valence-corrected chi connectivity index (χ1v) is 6.37. The van der Waals surface area contributed by atoms with Crippen molar-refractivity contribution in [3.8, 4) is 5.75 Å². The molecule has 0 aliphatic carbocycles. The van der Waals surface area contributed by atoms with Crippen LogP contribution < -0.4 is 16.0 Å². The lowest BCUT2D eigenvalue weighted by Crippen LogP contribution is -2.42. The van der Waals surface area contributed by atoms with E-state index in [1.165, 1.54) is 0 Å². The summed E-state index contributed by atoms with van der Waals surface area (Å²) in [6.45, 7) is 1.97. The van der Waals surface area contributed by atoms with Gasteiger partial charge in [-0.2, -0.15) is 0 Å². The minimum Gasteiger partial charge on any atom is -0.479 e. The molecule has 1 aromatic carbocycles. The summed E-state index contributed by atoms with van der Waals surface area (Å²) in [7, 11) is 0. The Labute approximate surface area is 114 Å². The van der Waals surface area contributed by atoms with Gasteiger partial charge in [-0.3, -0.25) is 10.2 Å². The molecule has 1 atom stereocenters. The number of amides is 1. The van der Waals surface area contributed by atoms with E-state index in [0.29, 0.717) is 21.7 Å². The molecule has 0 saturated carbocycles. The number of hydrazine groups is 1. The monoisotopic (exact) mass is 320 g/mol. The number of carbonyl (C=O) groups is 1. The zero-order chi connectivity index (χ0) is 12.8. The molecule has 0 saturated heterocycles. The zero-order valence-corrected chi connectivity index (χ0v) is 11.7. The van der Waals surface area contributed by atoms with Crippen molar-refractivity contribution in [1.82, 2.24) is 5.43 Å². The first-order valence-electron chi connectivity index (χ1n) is 5.20. The van der Waals surface area contributed by atoms with Crippen molar-refractivity contribution >= 4 is 33.4 Å². The van der Waals surface area contributed by atoms with Crippen molar-refractivity contribution in [2.24, 2.45) is 5.84 Å². The minimum absolute atomic E-state index is 0.339. The largest absolute Gasteiger partial charge is 0.479 e. The van der Waals surface area contributed by atoms with E-state index >= 15 is 0 Å². The second-order valence-electron chi connectivity index (χ2n) is 3.48. The predicted octanol–water partition coefficient (Wildman–Crippen LogP) is 2.64. The maximum atomic E-state index is 11.5. The molecule has 0 radical (unpaired) electrons. The Kier molecular flexibility index (Phi) is 5.74. The van der Waals surface area contributed by atoms with Gasteiger partial charge < -0.3 is 4.74 Å². The van der Waals surface area contributed by atoms with Gasteiger partial charge in [0.1, 0.15) is 5.75 Å². The van der Waals surface area contributed by atoms with Crippen LogP contribution in [-0.4, -0.2) is 12.0 Å². The first-order chi connectivity index (χ1) is 8.08. The van der Waals surface area contributed by atoms with Crippen molar-refractivity contribution in [2.45, 2.75) is 25.9 Å². The van der Waals surface area contributed by atoms with Crippen LogP contribution >= 0.6 is 27.5 Å². The molecule has 1 unspecified atom stereocenters. The third-order valence-corrected chi connectivity index (χ3v) is 3.00. The summed E-state index contributed by atoms with van der Waals surface area (Å²) in [6.07, 6.45) is 0.823. The second kappa shape index (κ2) is 6.83. The second-order valence-corrected chi connectivity index (χ2v) is 4.77. The fraction of sp³-hybridized carbons (Fsp3) is 0.364. The topological polar surface area (TPSA) is 64.3 Å². The number of benzene rings is 1. The number of nitrogens with two attached hydrogens (primary N) is 1. The molecule has 94 valence electrons. The highest BCUT2D eigenvalue weighted by atomic mass is 79.9. The lowest BCUT2D eigenvalue weighted by Gasteiger charge is -2.17. The van der Waals surface area contributed by atoms with Gasteiger partial charge in [0, 0.05) is 5.02 Å². The van der Waals surface area contributed by atoms with Gasteiger partial charge in [0.25, 0.3) is 5.91 Å². The molecule has 0 bridgehead atoms. The highest BCUT2D eigenvalue weighted by Crippen LogP contribution is 2.29. The summed E-state index contributed by atoms with van der Waals surface area (Å²) >= 11 is 9.14. The van der Waals surface area contributed by atoms with Gasteiger partial charge in [0.2, 0.25) is 0 Å². The van der Waals surface area contributed by atoms with Crippen LogP contribution in [0.2, 0.25) is 5.02 Å². The number of nitrogens with one attached hydrogen (secondary N) is 1. The van der Waals surface area contributed by atoms with Gasteiger partial charge in [-0.15, -0.1) is 0 Å². The third-order valence-electron chi connectivity index (χ3n) is 2.15. The summed E-state index contributed by atoms with van der Waals surface area (Å²) in [6, 6.07) is 5.12. The van der Waals surface area contributed by atoms with Gasteiger partial charge in [-0.25, -0.2) is 5.84 Å². The smallest absolute Gasteiger partial charge is 0.274 e. The first kappa shape index (κ1) is 14.3. The van der Waals surface area contributed by atoms with Crippen LogP contribution in [0.1, 0.15) is 19.8 Å². The molecule has 17 heavy (non-hydrogen) atoms. The SMILES string of the molecule is CCCC(Oc1ccc(Cl)cc1Br)C(=O)NN. The van der Waals surface area contributed by atoms with Crippen LogP contribution in [0.3, 0.4) is 0 Å². The molecule has 1 aromatic rings. The van der Waals surface area contributed by atoms with E-state index in [1.807, 2.05) is 6.92 Å². The quantitative estimate of drug-likeness (QED) is 0.498. The van der Waals surface area contributed by atoms with E-state index in [9.17, 15) is 4.79 Å². The van der Waals surface area contributed by atoms with Crippen molar-refractivity contribution in [2.75, 3.05) is 0 Å². The van der Waals surface area contributed by atoms with Gasteiger partial charge in [-0.05, 0) is 40.5 Å². The number of hydrogen-bond donors (Lipinski definition) is 2. The normalized spacial score (nSPS) is 12.0. The average Bonchev–Trinajstić information content (AvgIpc) is 2.30. The molecule has 3 N–H and O–H groups in total. The number of ether oxygens (including phenoxy) is 1. The van der Waals surface area contributed by atoms with Crippen LogP contribution in [-0.2, 0) is 4.79 Å². The molecular formula is C11H14BrClN2O2. The number of rotatable bonds is 5. The molecule has 1 amide bonds. The zero-order valence-electron chi connectivity index (χ0n) is 9.37. The van der Waals surface area contributed by atoms with E-state index in [2.05, 4.69) is 21.4 Å². The van der Waals surface area contributed by atoms with Crippen LogP contribution in [0.25, 0.3) is 0 Å². The lowest BCUT2D eigenvalue weighted by atomic mass is 10.2. The highest BCUT2D eigenvalue weighted by Gasteiger charge is 2.19. The predicted molar refractivity (Wildman–Crippen MR) is 70.8 cm³/mol. The molecule has 0 aromatic heterocycles. The Morgan fingerprint density at radius 2 is 2.35 bits per heavy atom. The Bertz CT molecular complexity index is 401. The Morgan fingerprint density at radius 3 is 2.88 bits per heavy atom. The summed E-state index contributed by atoms with van der Waals surface area (Å²) < 4.78 is 6.30. The van der Waals surface area contributed by atoms with Crippen LogP contribution in [0.5, 0.6) is 5.75 Å². The average molecular weight is 322 g/mol. The van der Waals surface area contributed by atoms with Gasteiger partial charge in [-0.1, -0.05) is 24.9 Å². The Hall–Kier alpha value is -0.780. The standard InChI is InChI=1S/C11H14BrClN2O2/c1-2-3-10(11(16)15-14)17-9-5-4-7(13)6-8(9)12/h4-6,10H,2-3,14H2,1H3,(H,15,16). The van der Waals surface area contributed by atoms with Crippen molar-refractivity contribution in [1.29, 1.82) is 0 Å². The number of hydrogen-bond acceptors (Lipinski definition) is 3. The lowest BCUT2D eigenvalue weighted by molar-refractivity contribution is -0.128. The van der Waals surface area contributed by atoms with Gasteiger partial charge in [0.15, 0.2) is 6.10 Å². The Morgan fingerprint density at radius 1 is 1.65 bits per heavy atom. The maximum Gasteiger partial charge on any atom is 0.274 e. The Balaban J connectivity index is 2.82. The van der Waals surface area contributed by atoms with Gasteiger partial charge >= 0.3 is 0 Å². The molecule has 0 heterocycles. The summed E-state index contributed by atoms with van der Waals surface area (Å²) in [5.74, 6) is 5.33. The van der Waals surface area contributed by atoms with E-state index in [-0.39, 0.29) is 5.91 Å². The van der Waals surface area contributed by atoms with E-state index in [1.54, 1.807) is 18.2 Å². The van der Waals surface area contributed by atoms with Crippen molar-refractivity contribution < 1.29 is 9.53 Å². The van der Waals surface area contributed by atoms with Gasteiger partial charge in [0.05, 0.1) is 4.47 Å². The van der Waals surface area contributed by atoms with E-state index < -0.39 is 6.10 Å². The summed E-state index contributed by atoms with van der Waals surface area (Å²) in [5, 5.41) is 0.597. The molecule has 1 rings (SSSR count). The van der Waals surface area contributed by atoms with Crippen LogP contribution in [0.4, 0.5) is 0 Å². The van der Waals surface area contributed by atoms with E-state index in [0.717, 1.165) is 6.42 Å². The summed E-state index contributed by atoms with van der Waals surface area (Å²) in [4.78, 5) is 11.5. The molecular weight excluding hydrogens is 307 g/mol. The molecule has 0 fully saturated rings. The molecule has 0 spiro atoms. The number of halogens is 2. The van der Waals surface area contributed by atoms with Crippen molar-refractivity contribution in [3.05, 3.63) is 27.7 Å². The summed E-state index contributed by atoms with van der Waals surface area (Å²) in [5.41, 5.74) is 2.10.